The molecule has 2 nitrogen and oxygen atoms in total. The molecule has 0 saturated heterocycles. The number of hydrogen-bond acceptors (Lipinski definition) is 2. The van der Waals surface area contributed by atoms with Crippen molar-refractivity contribution < 1.29 is 9.52 Å². The quantitative estimate of drug-likeness (QED) is 0.720. The van der Waals surface area contributed by atoms with Crippen LogP contribution in [0.1, 0.15) is 24.3 Å². The Balaban J connectivity index is 2.26. The second-order valence-corrected chi connectivity index (χ2v) is 3.65. The van der Waals surface area contributed by atoms with Gasteiger partial charge in [-0.1, -0.05) is 0 Å². The van der Waals surface area contributed by atoms with Crippen LogP contribution in [0, 0.1) is 0 Å². The first-order chi connectivity index (χ1) is 6.34. The summed E-state index contributed by atoms with van der Waals surface area (Å²) in [5.74, 6) is 0.968. The molecule has 1 aliphatic carbocycles. The molecule has 1 heterocycles. The van der Waals surface area contributed by atoms with Crippen molar-refractivity contribution in [1.82, 2.24) is 0 Å². The molecule has 3 rings (SSSR count). The fourth-order valence-corrected chi connectivity index (χ4v) is 1.75. The van der Waals surface area contributed by atoms with Gasteiger partial charge >= 0.3 is 0 Å². The Morgan fingerprint density at radius 3 is 2.92 bits per heavy atom. The van der Waals surface area contributed by atoms with E-state index in [0.29, 0.717) is 5.92 Å². The Labute approximate surface area is 75.8 Å². The largest absolute Gasteiger partial charge is 0.508 e. The number of fused-ring (bicyclic) bond motifs is 1. The van der Waals surface area contributed by atoms with Crippen molar-refractivity contribution in [3.05, 3.63) is 30.0 Å². The van der Waals surface area contributed by atoms with Crippen molar-refractivity contribution in [3.8, 4) is 5.75 Å². The number of phenols is 1. The molecule has 0 amide bonds. The van der Waals surface area contributed by atoms with Gasteiger partial charge in [0.05, 0.1) is 6.26 Å². The predicted molar refractivity (Wildman–Crippen MR) is 49.9 cm³/mol. The number of hydrogen-bond donors (Lipinski definition) is 1. The molecule has 1 aromatic carbocycles. The molecule has 1 aromatic heterocycles. The first-order valence-corrected chi connectivity index (χ1v) is 4.55. The molecule has 0 radical (unpaired) electrons. The molecule has 1 N–H and O–H groups in total. The van der Waals surface area contributed by atoms with Gasteiger partial charge in [0.15, 0.2) is 0 Å². The number of aromatic hydroxyl groups is 1. The van der Waals surface area contributed by atoms with Crippen molar-refractivity contribution >= 4 is 11.0 Å². The van der Waals surface area contributed by atoms with Gasteiger partial charge in [-0.25, -0.2) is 0 Å². The number of benzene rings is 1. The van der Waals surface area contributed by atoms with Gasteiger partial charge in [0.1, 0.15) is 11.3 Å². The van der Waals surface area contributed by atoms with Gasteiger partial charge in [-0.15, -0.1) is 0 Å². The maximum absolute atomic E-state index is 9.23. The van der Waals surface area contributed by atoms with Crippen LogP contribution in [0.5, 0.6) is 5.75 Å². The van der Waals surface area contributed by atoms with Gasteiger partial charge in [-0.2, -0.15) is 0 Å². The smallest absolute Gasteiger partial charge is 0.137 e. The van der Waals surface area contributed by atoms with Gasteiger partial charge in [0.2, 0.25) is 0 Å². The van der Waals surface area contributed by atoms with Crippen LogP contribution < -0.4 is 0 Å². The van der Waals surface area contributed by atoms with Gasteiger partial charge in [0.25, 0.3) is 0 Å². The molecule has 0 aliphatic heterocycles. The summed E-state index contributed by atoms with van der Waals surface area (Å²) in [4.78, 5) is 0. The Kier molecular flexibility index (Phi) is 1.23. The minimum Gasteiger partial charge on any atom is -0.508 e. The van der Waals surface area contributed by atoms with Crippen LogP contribution >= 0.6 is 0 Å². The summed E-state index contributed by atoms with van der Waals surface area (Å²) in [7, 11) is 0. The van der Waals surface area contributed by atoms with E-state index in [4.69, 9.17) is 4.42 Å². The molecule has 66 valence electrons. The SMILES string of the molecule is Oc1ccc2c(C3CC3)coc2c1. The highest BCUT2D eigenvalue weighted by Crippen LogP contribution is 2.44. The molecule has 2 heteroatoms. The highest BCUT2D eigenvalue weighted by molar-refractivity contribution is 5.83. The van der Waals surface area contributed by atoms with Gasteiger partial charge < -0.3 is 9.52 Å². The average molecular weight is 174 g/mol. The summed E-state index contributed by atoms with van der Waals surface area (Å²) in [6.07, 6.45) is 4.37. The predicted octanol–water partition coefficient (Wildman–Crippen LogP) is 3.02. The number of rotatable bonds is 1. The molecule has 1 aliphatic rings. The second-order valence-electron chi connectivity index (χ2n) is 3.65. The topological polar surface area (TPSA) is 33.4 Å². The Morgan fingerprint density at radius 2 is 2.15 bits per heavy atom. The number of furan rings is 1. The third kappa shape index (κ3) is 1.02. The molecule has 0 bridgehead atoms. The van der Waals surface area contributed by atoms with Gasteiger partial charge in [0, 0.05) is 17.0 Å². The zero-order valence-corrected chi connectivity index (χ0v) is 7.16. The molecular formula is C11H10O2. The van der Waals surface area contributed by atoms with Crippen LogP contribution in [-0.2, 0) is 0 Å². The van der Waals surface area contributed by atoms with Crippen molar-refractivity contribution in [2.45, 2.75) is 18.8 Å². The first-order valence-electron chi connectivity index (χ1n) is 4.55. The van der Waals surface area contributed by atoms with E-state index in [0.717, 1.165) is 11.0 Å². The van der Waals surface area contributed by atoms with E-state index in [-0.39, 0.29) is 5.75 Å². The van der Waals surface area contributed by atoms with Crippen molar-refractivity contribution in [2.75, 3.05) is 0 Å². The lowest BCUT2D eigenvalue weighted by Crippen LogP contribution is -1.73. The van der Waals surface area contributed by atoms with E-state index in [9.17, 15) is 5.11 Å². The maximum Gasteiger partial charge on any atom is 0.137 e. The third-order valence-corrected chi connectivity index (χ3v) is 2.61. The fourth-order valence-electron chi connectivity index (χ4n) is 1.75. The first kappa shape index (κ1) is 7.01. The minimum atomic E-state index is 0.268. The molecular weight excluding hydrogens is 164 g/mol. The summed E-state index contributed by atoms with van der Waals surface area (Å²) in [5, 5.41) is 10.4. The monoisotopic (exact) mass is 174 g/mol. The lowest BCUT2D eigenvalue weighted by molar-refractivity contribution is 0.474. The van der Waals surface area contributed by atoms with E-state index in [1.54, 1.807) is 12.1 Å². The normalized spacial score (nSPS) is 16.6. The van der Waals surface area contributed by atoms with E-state index in [1.165, 1.54) is 18.4 Å². The van der Waals surface area contributed by atoms with E-state index < -0.39 is 0 Å². The molecule has 0 spiro atoms. The summed E-state index contributed by atoms with van der Waals surface area (Å²) in [6.45, 7) is 0. The minimum absolute atomic E-state index is 0.268. The fraction of sp³-hybridized carbons (Fsp3) is 0.273. The van der Waals surface area contributed by atoms with Crippen LogP contribution in [0.25, 0.3) is 11.0 Å². The molecule has 1 fully saturated rings. The van der Waals surface area contributed by atoms with Crippen LogP contribution in [0.15, 0.2) is 28.9 Å². The molecule has 0 atom stereocenters. The summed E-state index contributed by atoms with van der Waals surface area (Å²) >= 11 is 0. The maximum atomic E-state index is 9.23. The highest BCUT2D eigenvalue weighted by Gasteiger charge is 2.26. The van der Waals surface area contributed by atoms with Crippen LogP contribution in [0.2, 0.25) is 0 Å². The van der Waals surface area contributed by atoms with Crippen LogP contribution in [0.4, 0.5) is 0 Å². The lowest BCUT2D eigenvalue weighted by Gasteiger charge is -1.93. The van der Waals surface area contributed by atoms with Crippen LogP contribution in [-0.4, -0.2) is 5.11 Å². The Hall–Kier alpha value is -1.44. The van der Waals surface area contributed by atoms with Gasteiger partial charge in [-0.05, 0) is 30.9 Å². The zero-order chi connectivity index (χ0) is 8.84. The van der Waals surface area contributed by atoms with E-state index in [2.05, 4.69) is 0 Å². The lowest BCUT2D eigenvalue weighted by atomic mass is 10.1. The summed E-state index contributed by atoms with van der Waals surface area (Å²) < 4.78 is 5.37. The zero-order valence-electron chi connectivity index (χ0n) is 7.16. The van der Waals surface area contributed by atoms with Crippen molar-refractivity contribution in [3.63, 3.8) is 0 Å². The Morgan fingerprint density at radius 1 is 1.31 bits per heavy atom. The van der Waals surface area contributed by atoms with Crippen molar-refractivity contribution in [1.29, 1.82) is 0 Å². The summed E-state index contributed by atoms with van der Waals surface area (Å²) in [6, 6.07) is 5.31. The second kappa shape index (κ2) is 2.28. The van der Waals surface area contributed by atoms with E-state index >= 15 is 0 Å². The average Bonchev–Trinajstić information content (AvgIpc) is 2.87. The summed E-state index contributed by atoms with van der Waals surface area (Å²) in [5.41, 5.74) is 2.09. The highest BCUT2D eigenvalue weighted by atomic mass is 16.3. The molecule has 13 heavy (non-hydrogen) atoms. The molecule has 0 unspecified atom stereocenters. The Bertz CT molecular complexity index is 452. The van der Waals surface area contributed by atoms with Crippen LogP contribution in [0.3, 0.4) is 0 Å². The van der Waals surface area contributed by atoms with E-state index in [1.807, 2.05) is 12.3 Å². The molecule has 1 saturated carbocycles. The standard InChI is InChI=1S/C11H10O2/c12-8-3-4-9-10(7-1-2-7)6-13-11(9)5-8/h3-7,12H,1-2H2. The van der Waals surface area contributed by atoms with Gasteiger partial charge in [-0.3, -0.25) is 0 Å². The third-order valence-electron chi connectivity index (χ3n) is 2.61. The molecule has 2 aromatic rings. The number of phenolic OH excluding ortho intramolecular Hbond substituents is 1. The van der Waals surface area contributed by atoms with Crippen molar-refractivity contribution in [2.24, 2.45) is 0 Å².